The molecule has 17 heavy (non-hydrogen) atoms. The van der Waals surface area contributed by atoms with Crippen LogP contribution < -0.4 is 5.73 Å². The van der Waals surface area contributed by atoms with Gasteiger partial charge in [-0.05, 0) is 17.7 Å². The Kier molecular flexibility index (Phi) is 2.07. The minimum absolute atomic E-state index is 0.0221. The molecule has 1 fully saturated rings. The quantitative estimate of drug-likeness (QED) is 0.896. The second kappa shape index (κ2) is 3.21. The Balaban J connectivity index is 2.28. The zero-order valence-corrected chi connectivity index (χ0v) is 9.60. The molecule has 0 spiro atoms. The standard InChI is InChI=1S/C12H10ClF2NO/c13-10-9(11(6-16)5-12(11,14)15)7-3-1-2-4-8(7)17-10/h1-4H,5-6,16H2. The molecule has 2 nitrogen and oxygen atoms in total. The second-order valence-electron chi connectivity index (χ2n) is 4.41. The lowest BCUT2D eigenvalue weighted by atomic mass is 9.95. The van der Waals surface area contributed by atoms with Gasteiger partial charge in [0.25, 0.3) is 5.92 Å². The van der Waals surface area contributed by atoms with Crippen molar-refractivity contribution in [1.82, 2.24) is 0 Å². The van der Waals surface area contributed by atoms with Gasteiger partial charge in [-0.1, -0.05) is 18.2 Å². The molecule has 0 aliphatic heterocycles. The van der Waals surface area contributed by atoms with E-state index in [0.29, 0.717) is 16.5 Å². The average molecular weight is 258 g/mol. The van der Waals surface area contributed by atoms with Crippen molar-refractivity contribution in [2.45, 2.75) is 17.8 Å². The molecule has 1 saturated carbocycles. The average Bonchev–Trinajstić information content (AvgIpc) is 2.68. The number of nitrogens with two attached hydrogens (primary N) is 1. The molecular weight excluding hydrogens is 248 g/mol. The van der Waals surface area contributed by atoms with Crippen molar-refractivity contribution in [3.8, 4) is 0 Å². The highest BCUT2D eigenvalue weighted by Gasteiger charge is 2.72. The van der Waals surface area contributed by atoms with Crippen LogP contribution in [0.5, 0.6) is 0 Å². The molecule has 90 valence electrons. The van der Waals surface area contributed by atoms with Crippen LogP contribution in [0.2, 0.25) is 5.22 Å². The summed E-state index contributed by atoms with van der Waals surface area (Å²) >= 11 is 5.94. The molecule has 1 atom stereocenters. The van der Waals surface area contributed by atoms with Gasteiger partial charge in [-0.3, -0.25) is 0 Å². The minimum atomic E-state index is -2.79. The third-order valence-corrected chi connectivity index (χ3v) is 3.74. The molecule has 1 unspecified atom stereocenters. The fourth-order valence-corrected chi connectivity index (χ4v) is 2.76. The van der Waals surface area contributed by atoms with Gasteiger partial charge in [0.15, 0.2) is 5.22 Å². The van der Waals surface area contributed by atoms with E-state index < -0.39 is 11.3 Å². The van der Waals surface area contributed by atoms with E-state index in [1.54, 1.807) is 24.3 Å². The van der Waals surface area contributed by atoms with Crippen LogP contribution in [-0.2, 0) is 5.41 Å². The molecule has 0 radical (unpaired) electrons. The van der Waals surface area contributed by atoms with Crippen molar-refractivity contribution in [2.24, 2.45) is 5.73 Å². The van der Waals surface area contributed by atoms with Crippen LogP contribution in [0.15, 0.2) is 28.7 Å². The topological polar surface area (TPSA) is 39.2 Å². The van der Waals surface area contributed by atoms with Gasteiger partial charge >= 0.3 is 0 Å². The van der Waals surface area contributed by atoms with Crippen molar-refractivity contribution in [3.05, 3.63) is 35.0 Å². The van der Waals surface area contributed by atoms with E-state index in [4.69, 9.17) is 21.8 Å². The van der Waals surface area contributed by atoms with Crippen molar-refractivity contribution in [2.75, 3.05) is 6.54 Å². The maximum atomic E-state index is 13.5. The summed E-state index contributed by atoms with van der Waals surface area (Å²) in [7, 11) is 0. The lowest BCUT2D eigenvalue weighted by Gasteiger charge is -2.12. The number of furan rings is 1. The number of benzene rings is 1. The molecule has 2 N–H and O–H groups in total. The van der Waals surface area contributed by atoms with Gasteiger partial charge in [0.2, 0.25) is 0 Å². The lowest BCUT2D eigenvalue weighted by Crippen LogP contribution is -2.26. The maximum Gasteiger partial charge on any atom is 0.260 e. The van der Waals surface area contributed by atoms with E-state index >= 15 is 0 Å². The zero-order valence-electron chi connectivity index (χ0n) is 8.84. The van der Waals surface area contributed by atoms with Crippen LogP contribution in [0, 0.1) is 0 Å². The third-order valence-electron chi connectivity index (χ3n) is 3.48. The van der Waals surface area contributed by atoms with Gasteiger partial charge in [-0.25, -0.2) is 8.78 Å². The number of halogens is 3. The molecule has 2 aromatic rings. The van der Waals surface area contributed by atoms with Crippen molar-refractivity contribution in [3.63, 3.8) is 0 Å². The van der Waals surface area contributed by atoms with E-state index in [1.165, 1.54) is 0 Å². The highest BCUT2D eigenvalue weighted by molar-refractivity contribution is 6.31. The smallest absolute Gasteiger partial charge is 0.260 e. The van der Waals surface area contributed by atoms with Crippen LogP contribution in [-0.4, -0.2) is 12.5 Å². The van der Waals surface area contributed by atoms with E-state index in [-0.39, 0.29) is 18.2 Å². The molecule has 0 saturated heterocycles. The molecular formula is C12H10ClF2NO. The van der Waals surface area contributed by atoms with Gasteiger partial charge in [0.1, 0.15) is 5.58 Å². The summed E-state index contributed by atoms with van der Waals surface area (Å²) in [5, 5.41) is 0.647. The molecule has 1 aromatic carbocycles. The van der Waals surface area contributed by atoms with Crippen LogP contribution in [0.4, 0.5) is 8.78 Å². The Labute approximate surface area is 101 Å². The first-order valence-electron chi connectivity index (χ1n) is 5.27. The fourth-order valence-electron chi connectivity index (χ4n) is 2.39. The number of hydrogen-bond acceptors (Lipinski definition) is 2. The number of para-hydroxylation sites is 1. The Hall–Kier alpha value is -1.13. The molecule has 3 rings (SSSR count). The zero-order chi connectivity index (χ0) is 12.3. The van der Waals surface area contributed by atoms with Gasteiger partial charge in [-0.15, -0.1) is 0 Å². The Morgan fingerprint density at radius 3 is 2.59 bits per heavy atom. The monoisotopic (exact) mass is 257 g/mol. The summed E-state index contributed by atoms with van der Waals surface area (Å²) in [6.45, 7) is -0.136. The summed E-state index contributed by atoms with van der Waals surface area (Å²) < 4.78 is 32.4. The highest BCUT2D eigenvalue weighted by atomic mass is 35.5. The summed E-state index contributed by atoms with van der Waals surface area (Å²) in [5.41, 5.74) is 5.03. The largest absolute Gasteiger partial charge is 0.444 e. The van der Waals surface area contributed by atoms with Crippen LogP contribution in [0.3, 0.4) is 0 Å². The number of alkyl halides is 2. The van der Waals surface area contributed by atoms with Crippen LogP contribution in [0.1, 0.15) is 12.0 Å². The van der Waals surface area contributed by atoms with Gasteiger partial charge in [0.05, 0.1) is 5.41 Å². The lowest BCUT2D eigenvalue weighted by molar-refractivity contribution is 0.0897. The van der Waals surface area contributed by atoms with Crippen LogP contribution in [0.25, 0.3) is 11.0 Å². The predicted molar refractivity (Wildman–Crippen MR) is 61.5 cm³/mol. The van der Waals surface area contributed by atoms with E-state index in [0.717, 1.165) is 0 Å². The molecule has 5 heteroatoms. The van der Waals surface area contributed by atoms with Crippen molar-refractivity contribution >= 4 is 22.6 Å². The highest BCUT2D eigenvalue weighted by Crippen LogP contribution is 2.63. The fraction of sp³-hybridized carbons (Fsp3) is 0.333. The van der Waals surface area contributed by atoms with Gasteiger partial charge in [-0.2, -0.15) is 0 Å². The van der Waals surface area contributed by atoms with Crippen molar-refractivity contribution < 1.29 is 13.2 Å². The third kappa shape index (κ3) is 1.28. The van der Waals surface area contributed by atoms with E-state index in [2.05, 4.69) is 0 Å². The Morgan fingerprint density at radius 2 is 2.00 bits per heavy atom. The number of hydrogen-bond donors (Lipinski definition) is 1. The van der Waals surface area contributed by atoms with Gasteiger partial charge in [0, 0.05) is 23.9 Å². The molecule has 0 bridgehead atoms. The maximum absolute atomic E-state index is 13.5. The number of fused-ring (bicyclic) bond motifs is 1. The van der Waals surface area contributed by atoms with Crippen LogP contribution >= 0.6 is 11.6 Å². The normalized spacial score (nSPS) is 26.4. The molecule has 1 heterocycles. The molecule has 1 aliphatic carbocycles. The first-order valence-corrected chi connectivity index (χ1v) is 5.65. The summed E-state index contributed by atoms with van der Waals surface area (Å²) in [4.78, 5) is 0. The predicted octanol–water partition coefficient (Wildman–Crippen LogP) is 3.32. The first-order chi connectivity index (χ1) is 8.02. The summed E-state index contributed by atoms with van der Waals surface area (Å²) in [6, 6.07) is 6.97. The summed E-state index contributed by atoms with van der Waals surface area (Å²) in [6.07, 6.45) is -0.264. The summed E-state index contributed by atoms with van der Waals surface area (Å²) in [5.74, 6) is -2.79. The second-order valence-corrected chi connectivity index (χ2v) is 4.76. The van der Waals surface area contributed by atoms with Crippen molar-refractivity contribution in [1.29, 1.82) is 0 Å². The Bertz CT molecular complexity index is 595. The Morgan fingerprint density at radius 1 is 1.35 bits per heavy atom. The first kappa shape index (κ1) is 11.0. The molecule has 1 aromatic heterocycles. The number of rotatable bonds is 2. The SMILES string of the molecule is NCC1(c2c(Cl)oc3ccccc23)CC1(F)F. The van der Waals surface area contributed by atoms with E-state index in [1.807, 2.05) is 0 Å². The molecule has 0 amide bonds. The van der Waals surface area contributed by atoms with E-state index in [9.17, 15) is 8.78 Å². The van der Waals surface area contributed by atoms with Gasteiger partial charge < -0.3 is 10.2 Å². The molecule has 1 aliphatic rings. The minimum Gasteiger partial charge on any atom is -0.444 e.